The Morgan fingerprint density at radius 1 is 1.35 bits per heavy atom. The molecular weight excluding hydrogens is 550 g/mol. The standard InChI is InChI=1S/C20H21BrClN7O4S/c1-10(30)17-18(31-2)16(29-9-15(25-27-29)28-5-4-14(22)26-28)19(32-3)20(33-17)34-13-6-11(21)8-24-12(13)7-23/h4-6,8-10,16-20,30H,1-3H3/t10?,16?,17?,18-,19?,20-/m1/s1. The van der Waals surface area contributed by atoms with Crippen molar-refractivity contribution in [2.24, 2.45) is 0 Å². The summed E-state index contributed by atoms with van der Waals surface area (Å²) in [6, 6.07) is 4.99. The van der Waals surface area contributed by atoms with Crippen molar-refractivity contribution in [3.63, 3.8) is 0 Å². The van der Waals surface area contributed by atoms with Crippen LogP contribution < -0.4 is 0 Å². The number of aromatic nitrogens is 6. The molecule has 1 fully saturated rings. The van der Waals surface area contributed by atoms with Crippen molar-refractivity contribution < 1.29 is 19.3 Å². The Balaban J connectivity index is 1.73. The molecule has 4 unspecified atom stereocenters. The number of hydrogen-bond acceptors (Lipinski definition) is 10. The van der Waals surface area contributed by atoms with E-state index in [9.17, 15) is 10.4 Å². The smallest absolute Gasteiger partial charge is 0.195 e. The zero-order valence-corrected chi connectivity index (χ0v) is 21.5. The number of hydrogen-bond donors (Lipinski definition) is 1. The van der Waals surface area contributed by atoms with Gasteiger partial charge in [-0.25, -0.2) is 14.3 Å². The Bertz CT molecular complexity index is 1190. The summed E-state index contributed by atoms with van der Waals surface area (Å²) in [5.74, 6) is 0.448. The molecule has 0 spiro atoms. The van der Waals surface area contributed by atoms with Crippen LogP contribution in [-0.2, 0) is 14.2 Å². The topological polar surface area (TPSA) is 133 Å². The lowest BCUT2D eigenvalue weighted by atomic mass is 9.94. The Morgan fingerprint density at radius 3 is 2.74 bits per heavy atom. The minimum absolute atomic E-state index is 0.254. The van der Waals surface area contributed by atoms with Crippen molar-refractivity contribution in [2.75, 3.05) is 14.2 Å². The van der Waals surface area contributed by atoms with Crippen LogP contribution in [0.3, 0.4) is 0 Å². The lowest BCUT2D eigenvalue weighted by Gasteiger charge is -2.46. The molecule has 0 radical (unpaired) electrons. The van der Waals surface area contributed by atoms with Crippen molar-refractivity contribution in [1.29, 1.82) is 5.26 Å². The second-order valence-electron chi connectivity index (χ2n) is 7.47. The number of aliphatic hydroxyl groups excluding tert-OH is 1. The predicted molar refractivity (Wildman–Crippen MR) is 126 cm³/mol. The average molecular weight is 571 g/mol. The molecular formula is C20H21BrClN7O4S. The highest BCUT2D eigenvalue weighted by molar-refractivity contribution is 9.10. The summed E-state index contributed by atoms with van der Waals surface area (Å²) in [5, 5.41) is 33.0. The predicted octanol–water partition coefficient (Wildman–Crippen LogP) is 2.62. The summed E-state index contributed by atoms with van der Waals surface area (Å²) in [7, 11) is 3.09. The summed E-state index contributed by atoms with van der Waals surface area (Å²) < 4.78 is 21.7. The lowest BCUT2D eigenvalue weighted by molar-refractivity contribution is -0.208. The fourth-order valence-corrected chi connectivity index (χ4v) is 5.69. The highest BCUT2D eigenvalue weighted by Crippen LogP contribution is 2.42. The molecule has 3 aromatic heterocycles. The monoisotopic (exact) mass is 569 g/mol. The molecule has 34 heavy (non-hydrogen) atoms. The molecule has 3 aromatic rings. The molecule has 4 rings (SSSR count). The van der Waals surface area contributed by atoms with Gasteiger partial charge in [0.1, 0.15) is 35.9 Å². The van der Waals surface area contributed by atoms with Gasteiger partial charge >= 0.3 is 0 Å². The number of halogens is 2. The number of nitriles is 1. The van der Waals surface area contributed by atoms with E-state index >= 15 is 0 Å². The third-order valence-electron chi connectivity index (χ3n) is 5.34. The fraction of sp³-hybridized carbons (Fsp3) is 0.450. The van der Waals surface area contributed by atoms with Gasteiger partial charge in [-0.2, -0.15) is 10.4 Å². The minimum atomic E-state index is -0.864. The first-order chi connectivity index (χ1) is 16.4. The van der Waals surface area contributed by atoms with Crippen molar-refractivity contribution in [3.05, 3.63) is 46.0 Å². The maximum absolute atomic E-state index is 10.5. The minimum Gasteiger partial charge on any atom is -0.391 e. The van der Waals surface area contributed by atoms with Crippen LogP contribution in [0.2, 0.25) is 5.15 Å². The summed E-state index contributed by atoms with van der Waals surface area (Å²) in [6.45, 7) is 1.63. The van der Waals surface area contributed by atoms with Gasteiger partial charge in [-0.15, -0.1) is 5.10 Å². The Hall–Kier alpha value is -2.05. The summed E-state index contributed by atoms with van der Waals surface area (Å²) >= 11 is 10.6. The van der Waals surface area contributed by atoms with Gasteiger partial charge in [0.05, 0.1) is 12.3 Å². The average Bonchev–Trinajstić information content (AvgIpc) is 3.47. The molecule has 1 N–H and O–H groups in total. The fourth-order valence-electron chi connectivity index (χ4n) is 3.83. The lowest BCUT2D eigenvalue weighted by Crippen LogP contribution is -2.58. The molecule has 6 atom stereocenters. The first-order valence-electron chi connectivity index (χ1n) is 10.1. The summed E-state index contributed by atoms with van der Waals surface area (Å²) in [4.78, 5) is 4.77. The van der Waals surface area contributed by atoms with Crippen LogP contribution in [0, 0.1) is 11.3 Å². The first-order valence-corrected chi connectivity index (χ1v) is 12.2. The van der Waals surface area contributed by atoms with Crippen LogP contribution in [0.5, 0.6) is 0 Å². The second kappa shape index (κ2) is 10.7. The van der Waals surface area contributed by atoms with Crippen molar-refractivity contribution in [1.82, 2.24) is 29.8 Å². The van der Waals surface area contributed by atoms with Crippen LogP contribution in [0.15, 0.2) is 40.1 Å². The molecule has 180 valence electrons. The summed E-state index contributed by atoms with van der Waals surface area (Å²) in [6.07, 6.45) is 2.13. The first kappa shape index (κ1) is 25.1. The highest BCUT2D eigenvalue weighted by Gasteiger charge is 2.50. The van der Waals surface area contributed by atoms with Gasteiger partial charge in [0.25, 0.3) is 0 Å². The Kier molecular flexibility index (Phi) is 7.88. The van der Waals surface area contributed by atoms with Crippen LogP contribution in [0.4, 0.5) is 0 Å². The maximum Gasteiger partial charge on any atom is 0.195 e. The van der Waals surface area contributed by atoms with Crippen molar-refractivity contribution in [2.45, 2.75) is 47.7 Å². The largest absolute Gasteiger partial charge is 0.391 e. The van der Waals surface area contributed by atoms with E-state index in [-0.39, 0.29) is 5.69 Å². The van der Waals surface area contributed by atoms with Crippen molar-refractivity contribution >= 4 is 39.3 Å². The number of ether oxygens (including phenoxy) is 3. The highest BCUT2D eigenvalue weighted by atomic mass is 79.9. The van der Waals surface area contributed by atoms with E-state index in [1.165, 1.54) is 23.6 Å². The zero-order chi connectivity index (χ0) is 24.4. The molecule has 0 saturated carbocycles. The number of pyridine rings is 1. The SMILES string of the molecule is COC1C(n2cc(-n3ccc(Cl)n3)nn2)[C@@H](OC)C(C(C)O)O[C@@H]1Sc1cc(Br)cnc1C#N. The van der Waals surface area contributed by atoms with Gasteiger partial charge < -0.3 is 19.3 Å². The van der Waals surface area contributed by atoms with Gasteiger partial charge in [-0.05, 0) is 35.0 Å². The van der Waals surface area contributed by atoms with E-state index in [0.29, 0.717) is 15.9 Å². The molecule has 0 amide bonds. The van der Waals surface area contributed by atoms with E-state index in [1.54, 1.807) is 49.4 Å². The van der Waals surface area contributed by atoms with E-state index in [4.69, 9.17) is 25.8 Å². The zero-order valence-electron chi connectivity index (χ0n) is 18.3. The van der Waals surface area contributed by atoms with Crippen LogP contribution in [-0.4, -0.2) is 78.9 Å². The van der Waals surface area contributed by atoms with Gasteiger partial charge in [0.2, 0.25) is 0 Å². The Labute approximate surface area is 213 Å². The molecule has 1 aliphatic rings. The molecule has 0 aromatic carbocycles. The molecule has 14 heteroatoms. The summed E-state index contributed by atoms with van der Waals surface area (Å²) in [5.41, 5.74) is -0.375. The van der Waals surface area contributed by atoms with Gasteiger partial charge in [-0.3, -0.25) is 0 Å². The molecule has 1 saturated heterocycles. The molecule has 11 nitrogen and oxygen atoms in total. The molecule has 0 aliphatic carbocycles. The van der Waals surface area contributed by atoms with Crippen LogP contribution in [0.25, 0.3) is 5.82 Å². The van der Waals surface area contributed by atoms with Gasteiger partial charge in [0.15, 0.2) is 16.7 Å². The van der Waals surface area contributed by atoms with E-state index in [0.717, 1.165) is 4.47 Å². The normalized spacial score (nSPS) is 25.7. The Morgan fingerprint density at radius 2 is 2.12 bits per heavy atom. The van der Waals surface area contributed by atoms with Gasteiger partial charge in [-0.1, -0.05) is 28.6 Å². The molecule has 1 aliphatic heterocycles. The van der Waals surface area contributed by atoms with E-state index in [1.807, 2.05) is 0 Å². The number of methoxy groups -OCH3 is 2. The van der Waals surface area contributed by atoms with Crippen LogP contribution >= 0.6 is 39.3 Å². The van der Waals surface area contributed by atoms with E-state index in [2.05, 4.69) is 42.4 Å². The quantitative estimate of drug-likeness (QED) is 0.452. The van der Waals surface area contributed by atoms with Crippen molar-refractivity contribution in [3.8, 4) is 11.9 Å². The van der Waals surface area contributed by atoms with Crippen LogP contribution in [0.1, 0.15) is 18.7 Å². The maximum atomic E-state index is 10.5. The third-order valence-corrected chi connectivity index (χ3v) is 7.15. The molecule has 0 bridgehead atoms. The van der Waals surface area contributed by atoms with Gasteiger partial charge in [0, 0.05) is 36.0 Å². The number of aliphatic hydroxyl groups is 1. The third kappa shape index (κ3) is 4.99. The number of nitrogens with zero attached hydrogens (tertiary/aromatic N) is 7. The second-order valence-corrected chi connectivity index (χ2v) is 9.91. The number of rotatable bonds is 7. The molecule has 4 heterocycles. The van der Waals surface area contributed by atoms with E-state index < -0.39 is 35.9 Å². The number of thioether (sulfide) groups is 1.